The summed E-state index contributed by atoms with van der Waals surface area (Å²) < 4.78 is 10.9. The average Bonchev–Trinajstić information content (AvgIpc) is 2.25. The molecule has 1 aliphatic rings. The van der Waals surface area contributed by atoms with Crippen molar-refractivity contribution < 1.29 is 9.47 Å². The molecule has 0 N–H and O–H groups in total. The van der Waals surface area contributed by atoms with Crippen LogP contribution in [0.3, 0.4) is 0 Å². The lowest BCUT2D eigenvalue weighted by Crippen LogP contribution is -2.43. The fraction of sp³-hybridized carbons (Fsp3) is 1.00. The Morgan fingerprint density at radius 3 is 3.07 bits per heavy atom. The lowest BCUT2D eigenvalue weighted by atomic mass is 10.2. The maximum absolute atomic E-state index is 5.58. The standard InChI is InChI=1S/C10H20ClNO2/c1-2-10-9-12(5-8-14-10)4-7-13-6-3-11/h10H,2-9H2,1H3. The summed E-state index contributed by atoms with van der Waals surface area (Å²) in [7, 11) is 0. The predicted octanol–water partition coefficient (Wildman–Crippen LogP) is 1.35. The molecule has 0 aliphatic carbocycles. The Hall–Kier alpha value is 0.170. The predicted molar refractivity (Wildman–Crippen MR) is 58.0 cm³/mol. The Balaban J connectivity index is 2.05. The molecule has 14 heavy (non-hydrogen) atoms. The smallest absolute Gasteiger partial charge is 0.0700 e. The van der Waals surface area contributed by atoms with Crippen LogP contribution < -0.4 is 0 Å². The number of halogens is 1. The zero-order valence-electron chi connectivity index (χ0n) is 8.88. The second kappa shape index (κ2) is 7.46. The van der Waals surface area contributed by atoms with Gasteiger partial charge in [0.05, 0.1) is 25.9 Å². The van der Waals surface area contributed by atoms with Crippen molar-refractivity contribution in [2.75, 3.05) is 45.3 Å². The molecule has 1 saturated heterocycles. The molecule has 0 amide bonds. The third-order valence-corrected chi connectivity index (χ3v) is 2.61. The first-order valence-corrected chi connectivity index (χ1v) is 5.88. The molecule has 84 valence electrons. The van der Waals surface area contributed by atoms with Gasteiger partial charge < -0.3 is 9.47 Å². The molecule has 0 radical (unpaired) electrons. The van der Waals surface area contributed by atoms with E-state index >= 15 is 0 Å². The summed E-state index contributed by atoms with van der Waals surface area (Å²) in [4.78, 5) is 2.39. The number of rotatable bonds is 6. The maximum atomic E-state index is 5.58. The van der Waals surface area contributed by atoms with Crippen LogP contribution >= 0.6 is 11.6 Å². The number of nitrogens with zero attached hydrogens (tertiary/aromatic N) is 1. The molecule has 3 nitrogen and oxygen atoms in total. The topological polar surface area (TPSA) is 21.7 Å². The van der Waals surface area contributed by atoms with Gasteiger partial charge in [0.25, 0.3) is 0 Å². The molecule has 0 aromatic carbocycles. The van der Waals surface area contributed by atoms with Crippen LogP contribution in [-0.2, 0) is 9.47 Å². The average molecular weight is 222 g/mol. The van der Waals surface area contributed by atoms with E-state index in [0.717, 1.165) is 39.3 Å². The van der Waals surface area contributed by atoms with Crippen molar-refractivity contribution in [3.8, 4) is 0 Å². The fourth-order valence-corrected chi connectivity index (χ4v) is 1.69. The third kappa shape index (κ3) is 4.60. The summed E-state index contributed by atoms with van der Waals surface area (Å²) in [5.74, 6) is 0.584. The molecular weight excluding hydrogens is 202 g/mol. The van der Waals surface area contributed by atoms with Crippen molar-refractivity contribution >= 4 is 11.6 Å². The van der Waals surface area contributed by atoms with E-state index in [1.165, 1.54) is 0 Å². The lowest BCUT2D eigenvalue weighted by Gasteiger charge is -2.32. The van der Waals surface area contributed by atoms with Crippen LogP contribution in [0.5, 0.6) is 0 Å². The van der Waals surface area contributed by atoms with Gasteiger partial charge in [0, 0.05) is 25.5 Å². The zero-order chi connectivity index (χ0) is 10.2. The summed E-state index contributed by atoms with van der Waals surface area (Å²) in [6, 6.07) is 0. The molecule has 1 rings (SSSR count). The van der Waals surface area contributed by atoms with Gasteiger partial charge in [-0.15, -0.1) is 11.6 Å². The quantitative estimate of drug-likeness (QED) is 0.499. The van der Waals surface area contributed by atoms with Crippen molar-refractivity contribution in [1.29, 1.82) is 0 Å². The number of hydrogen-bond acceptors (Lipinski definition) is 3. The molecule has 1 atom stereocenters. The molecule has 1 heterocycles. The van der Waals surface area contributed by atoms with Crippen LogP contribution in [0.1, 0.15) is 13.3 Å². The van der Waals surface area contributed by atoms with Gasteiger partial charge in [-0.3, -0.25) is 4.90 Å². The lowest BCUT2D eigenvalue weighted by molar-refractivity contribution is -0.0366. The van der Waals surface area contributed by atoms with E-state index in [0.29, 0.717) is 18.6 Å². The minimum absolute atomic E-state index is 0.414. The first-order chi connectivity index (χ1) is 6.86. The van der Waals surface area contributed by atoms with E-state index in [1.807, 2.05) is 0 Å². The number of hydrogen-bond donors (Lipinski definition) is 0. The van der Waals surface area contributed by atoms with Gasteiger partial charge in [0.15, 0.2) is 0 Å². The molecule has 0 spiro atoms. The van der Waals surface area contributed by atoms with E-state index in [-0.39, 0.29) is 0 Å². The Morgan fingerprint density at radius 2 is 2.36 bits per heavy atom. The third-order valence-electron chi connectivity index (χ3n) is 2.45. The highest BCUT2D eigenvalue weighted by molar-refractivity contribution is 6.17. The van der Waals surface area contributed by atoms with Crippen molar-refractivity contribution in [2.45, 2.75) is 19.4 Å². The van der Waals surface area contributed by atoms with Gasteiger partial charge in [0.1, 0.15) is 0 Å². The summed E-state index contributed by atoms with van der Waals surface area (Å²) in [5.41, 5.74) is 0. The summed E-state index contributed by atoms with van der Waals surface area (Å²) in [6.45, 7) is 7.52. The van der Waals surface area contributed by atoms with Crippen molar-refractivity contribution in [3.63, 3.8) is 0 Å². The summed E-state index contributed by atoms with van der Waals surface area (Å²) in [5, 5.41) is 0. The minimum atomic E-state index is 0.414. The molecule has 0 aromatic rings. The highest BCUT2D eigenvalue weighted by Crippen LogP contribution is 2.07. The van der Waals surface area contributed by atoms with E-state index in [2.05, 4.69) is 11.8 Å². The van der Waals surface area contributed by atoms with Crippen LogP contribution in [0.25, 0.3) is 0 Å². The van der Waals surface area contributed by atoms with Crippen LogP contribution in [0.4, 0.5) is 0 Å². The van der Waals surface area contributed by atoms with Gasteiger partial charge in [0.2, 0.25) is 0 Å². The Kier molecular flexibility index (Phi) is 6.52. The van der Waals surface area contributed by atoms with E-state index in [4.69, 9.17) is 21.1 Å². The molecular formula is C10H20ClNO2. The van der Waals surface area contributed by atoms with E-state index in [9.17, 15) is 0 Å². The molecule has 1 aliphatic heterocycles. The number of morpholine rings is 1. The Labute approximate surface area is 91.3 Å². The summed E-state index contributed by atoms with van der Waals surface area (Å²) >= 11 is 5.51. The van der Waals surface area contributed by atoms with Crippen LogP contribution in [0, 0.1) is 0 Å². The highest BCUT2D eigenvalue weighted by atomic mass is 35.5. The first-order valence-electron chi connectivity index (χ1n) is 5.34. The fourth-order valence-electron chi connectivity index (χ4n) is 1.58. The molecule has 0 aromatic heterocycles. The SMILES string of the molecule is CCC1CN(CCOCCCl)CCO1. The van der Waals surface area contributed by atoms with Gasteiger partial charge in [-0.05, 0) is 6.42 Å². The highest BCUT2D eigenvalue weighted by Gasteiger charge is 2.17. The van der Waals surface area contributed by atoms with Gasteiger partial charge in [-0.25, -0.2) is 0 Å². The molecule has 0 saturated carbocycles. The molecule has 1 unspecified atom stereocenters. The van der Waals surface area contributed by atoms with E-state index < -0.39 is 0 Å². The minimum Gasteiger partial charge on any atom is -0.379 e. The van der Waals surface area contributed by atoms with Gasteiger partial charge in [-0.1, -0.05) is 6.92 Å². The van der Waals surface area contributed by atoms with Crippen LogP contribution in [-0.4, -0.2) is 56.3 Å². The number of ether oxygens (including phenoxy) is 2. The molecule has 1 fully saturated rings. The maximum Gasteiger partial charge on any atom is 0.0700 e. The van der Waals surface area contributed by atoms with Gasteiger partial charge >= 0.3 is 0 Å². The zero-order valence-corrected chi connectivity index (χ0v) is 9.63. The van der Waals surface area contributed by atoms with Crippen LogP contribution in [0.15, 0.2) is 0 Å². The largest absolute Gasteiger partial charge is 0.379 e. The molecule has 0 bridgehead atoms. The monoisotopic (exact) mass is 221 g/mol. The number of alkyl halides is 1. The van der Waals surface area contributed by atoms with Crippen molar-refractivity contribution in [2.24, 2.45) is 0 Å². The normalized spacial score (nSPS) is 24.0. The Morgan fingerprint density at radius 1 is 1.50 bits per heavy atom. The first kappa shape index (κ1) is 12.2. The second-order valence-corrected chi connectivity index (χ2v) is 3.88. The van der Waals surface area contributed by atoms with Crippen molar-refractivity contribution in [1.82, 2.24) is 4.90 Å². The summed E-state index contributed by atoms with van der Waals surface area (Å²) in [6.07, 6.45) is 1.51. The van der Waals surface area contributed by atoms with Crippen molar-refractivity contribution in [3.05, 3.63) is 0 Å². The van der Waals surface area contributed by atoms with E-state index in [1.54, 1.807) is 0 Å². The van der Waals surface area contributed by atoms with Gasteiger partial charge in [-0.2, -0.15) is 0 Å². The van der Waals surface area contributed by atoms with Crippen LogP contribution in [0.2, 0.25) is 0 Å². The molecule has 4 heteroatoms. The Bertz CT molecular complexity index is 146. The second-order valence-electron chi connectivity index (χ2n) is 3.50.